The van der Waals surface area contributed by atoms with Crippen molar-refractivity contribution < 1.29 is 33.3 Å². The molecule has 3 atom stereocenters. The summed E-state index contributed by atoms with van der Waals surface area (Å²) in [7, 11) is 3.20. The van der Waals surface area contributed by atoms with Crippen molar-refractivity contribution >= 4 is 17.7 Å². The Kier molecular flexibility index (Phi) is 16.2. The fourth-order valence-electron chi connectivity index (χ4n) is 7.31. The number of hydrogen-bond donors (Lipinski definition) is 0. The van der Waals surface area contributed by atoms with E-state index in [0.717, 1.165) is 54.4 Å². The van der Waals surface area contributed by atoms with Crippen LogP contribution in [0.2, 0.25) is 0 Å². The highest BCUT2D eigenvalue weighted by Crippen LogP contribution is 2.37. The van der Waals surface area contributed by atoms with Gasteiger partial charge in [-0.25, -0.2) is 4.79 Å². The minimum Gasteiger partial charge on any atom is -0.493 e. The van der Waals surface area contributed by atoms with Crippen LogP contribution in [0.4, 0.5) is 0 Å². The van der Waals surface area contributed by atoms with Crippen molar-refractivity contribution in [3.8, 4) is 17.2 Å². The molecule has 8 nitrogen and oxygen atoms in total. The number of amides is 1. The third-order valence-corrected chi connectivity index (χ3v) is 10.6. The Morgan fingerprint density at radius 2 is 1.62 bits per heavy atom. The van der Waals surface area contributed by atoms with E-state index >= 15 is 0 Å². The van der Waals surface area contributed by atoms with Crippen molar-refractivity contribution in [1.82, 2.24) is 4.90 Å². The van der Waals surface area contributed by atoms with Gasteiger partial charge in [0.25, 0.3) is 0 Å². The minimum absolute atomic E-state index is 0.0155. The number of esters is 1. The minimum atomic E-state index is -0.690. The first-order chi connectivity index (χ1) is 25.6. The van der Waals surface area contributed by atoms with Gasteiger partial charge in [-0.3, -0.25) is 9.59 Å². The van der Waals surface area contributed by atoms with Crippen LogP contribution in [0.1, 0.15) is 130 Å². The number of carbonyl (C=O) groups is 3. The van der Waals surface area contributed by atoms with Crippen molar-refractivity contribution in [1.29, 1.82) is 0 Å². The van der Waals surface area contributed by atoms with E-state index in [1.807, 2.05) is 50.2 Å². The molecule has 0 spiro atoms. The second-order valence-corrected chi connectivity index (χ2v) is 14.5. The predicted molar refractivity (Wildman–Crippen MR) is 210 cm³/mol. The largest absolute Gasteiger partial charge is 0.493 e. The highest BCUT2D eigenvalue weighted by Gasteiger charge is 2.38. The number of Topliss-reactive ketones (excluding diaryl/α,β-unsaturated/α-hetero) is 1. The molecule has 0 N–H and O–H groups in total. The number of carbonyl (C=O) groups excluding carboxylic acids is 3. The molecule has 1 amide bonds. The van der Waals surface area contributed by atoms with Crippen LogP contribution in [0.5, 0.6) is 17.2 Å². The average Bonchev–Trinajstić information content (AvgIpc) is 3.16. The van der Waals surface area contributed by atoms with E-state index < -0.39 is 24.0 Å². The standard InChI is InChI=1S/C45H61NO7/c1-8-10-11-12-13-18-37(47)30-52-38-19-16-17-35(28-38)41(24-23-34-22-21-31(3)32(4)26-34)53-45(49)40-20-14-15-25-46(40)44(48)39(9-2)36-27-33(5)43(51-7)42(29-36)50-6/h16-17,19,21-22,26-29,39-41H,8-15,18,20,23-25,30H2,1-7H3/t39-,40-,41?/m0/s1. The molecule has 8 heteroatoms. The second kappa shape index (κ2) is 20.8. The van der Waals surface area contributed by atoms with Crippen LogP contribution in [0, 0.1) is 20.8 Å². The number of ketones is 1. The zero-order chi connectivity index (χ0) is 38.3. The smallest absolute Gasteiger partial charge is 0.329 e. The molecule has 1 aliphatic rings. The molecule has 1 heterocycles. The maximum atomic E-state index is 14.3. The highest BCUT2D eigenvalue weighted by atomic mass is 16.5. The van der Waals surface area contributed by atoms with Crippen LogP contribution in [-0.2, 0) is 25.5 Å². The molecular weight excluding hydrogens is 666 g/mol. The number of rotatable bonds is 20. The van der Waals surface area contributed by atoms with Gasteiger partial charge in [0.05, 0.1) is 20.1 Å². The van der Waals surface area contributed by atoms with Gasteiger partial charge in [-0.2, -0.15) is 0 Å². The Hall–Kier alpha value is -4.33. The van der Waals surface area contributed by atoms with Gasteiger partial charge in [0, 0.05) is 13.0 Å². The van der Waals surface area contributed by atoms with Crippen LogP contribution in [-0.4, -0.2) is 56.0 Å². The summed E-state index contributed by atoms with van der Waals surface area (Å²) < 4.78 is 23.5. The molecule has 3 aromatic carbocycles. The number of aryl methyl sites for hydroxylation is 4. The number of benzene rings is 3. The first kappa shape index (κ1) is 41.4. The summed E-state index contributed by atoms with van der Waals surface area (Å²) in [6, 6.07) is 17.1. The number of ether oxygens (including phenoxy) is 4. The van der Waals surface area contributed by atoms with E-state index in [4.69, 9.17) is 18.9 Å². The van der Waals surface area contributed by atoms with Gasteiger partial charge in [-0.1, -0.05) is 75.9 Å². The Morgan fingerprint density at radius 3 is 2.34 bits per heavy atom. The SMILES string of the molecule is CCCCCCCC(=O)COc1cccc(C(CCc2ccc(C)c(C)c2)OC(=O)[C@@H]2CCCCN2C(=O)[C@@H](CC)c2cc(C)c(OC)c(OC)c2)c1. The second-order valence-electron chi connectivity index (χ2n) is 14.5. The van der Waals surface area contributed by atoms with Crippen molar-refractivity contribution in [3.63, 3.8) is 0 Å². The number of nitrogens with zero attached hydrogens (tertiary/aromatic N) is 1. The molecule has 4 rings (SSSR count). The molecule has 0 radical (unpaired) electrons. The molecule has 0 aromatic heterocycles. The molecule has 53 heavy (non-hydrogen) atoms. The van der Waals surface area contributed by atoms with E-state index in [1.165, 1.54) is 24.0 Å². The summed E-state index contributed by atoms with van der Waals surface area (Å²) in [4.78, 5) is 42.9. The summed E-state index contributed by atoms with van der Waals surface area (Å²) in [5.41, 5.74) is 6.13. The maximum absolute atomic E-state index is 14.3. The summed E-state index contributed by atoms with van der Waals surface area (Å²) in [5.74, 6) is 0.941. The predicted octanol–water partition coefficient (Wildman–Crippen LogP) is 9.73. The van der Waals surface area contributed by atoms with Crippen molar-refractivity contribution in [3.05, 3.63) is 88.0 Å². The van der Waals surface area contributed by atoms with Crippen LogP contribution < -0.4 is 14.2 Å². The van der Waals surface area contributed by atoms with Gasteiger partial charge in [0.1, 0.15) is 24.5 Å². The lowest BCUT2D eigenvalue weighted by atomic mass is 9.91. The Balaban J connectivity index is 1.54. The molecule has 0 saturated carbocycles. The van der Waals surface area contributed by atoms with Gasteiger partial charge < -0.3 is 23.8 Å². The van der Waals surface area contributed by atoms with E-state index in [9.17, 15) is 14.4 Å². The Labute approximate surface area is 317 Å². The third kappa shape index (κ3) is 11.6. The average molecular weight is 728 g/mol. The van der Waals surface area contributed by atoms with Gasteiger partial charge in [0.2, 0.25) is 5.91 Å². The third-order valence-electron chi connectivity index (χ3n) is 10.6. The summed E-state index contributed by atoms with van der Waals surface area (Å²) in [6.45, 7) is 10.8. The first-order valence-corrected chi connectivity index (χ1v) is 19.6. The summed E-state index contributed by atoms with van der Waals surface area (Å²) in [5, 5.41) is 0. The van der Waals surface area contributed by atoms with Crippen molar-refractivity contribution in [2.75, 3.05) is 27.4 Å². The lowest BCUT2D eigenvalue weighted by Crippen LogP contribution is -2.50. The quantitative estimate of drug-likeness (QED) is 0.0846. The highest BCUT2D eigenvalue weighted by molar-refractivity contribution is 5.89. The van der Waals surface area contributed by atoms with E-state index in [0.29, 0.717) is 55.9 Å². The zero-order valence-corrected chi connectivity index (χ0v) is 33.1. The number of unbranched alkanes of at least 4 members (excludes halogenated alkanes) is 4. The molecule has 1 aliphatic heterocycles. The van der Waals surface area contributed by atoms with E-state index in [-0.39, 0.29) is 18.3 Å². The number of methoxy groups -OCH3 is 2. The number of piperidine rings is 1. The molecule has 1 saturated heterocycles. The number of likely N-dealkylation sites (tertiary alicyclic amines) is 1. The molecule has 0 bridgehead atoms. The van der Waals surface area contributed by atoms with Crippen molar-refractivity contribution in [2.45, 2.75) is 130 Å². The molecule has 288 valence electrons. The fourth-order valence-corrected chi connectivity index (χ4v) is 7.31. The zero-order valence-electron chi connectivity index (χ0n) is 33.1. The maximum Gasteiger partial charge on any atom is 0.329 e. The summed E-state index contributed by atoms with van der Waals surface area (Å²) >= 11 is 0. The molecule has 1 unspecified atom stereocenters. The molecule has 3 aromatic rings. The van der Waals surface area contributed by atoms with Gasteiger partial charge in [0.15, 0.2) is 17.3 Å². The van der Waals surface area contributed by atoms with Crippen LogP contribution in [0.3, 0.4) is 0 Å². The van der Waals surface area contributed by atoms with Crippen LogP contribution in [0.25, 0.3) is 0 Å². The lowest BCUT2D eigenvalue weighted by Gasteiger charge is -2.37. The topological polar surface area (TPSA) is 91.4 Å². The molecular formula is C45H61NO7. The molecule has 1 fully saturated rings. The fraction of sp³-hybridized carbons (Fsp3) is 0.533. The van der Waals surface area contributed by atoms with Crippen molar-refractivity contribution in [2.24, 2.45) is 0 Å². The normalized spacial score (nSPS) is 15.4. The number of hydrogen-bond acceptors (Lipinski definition) is 7. The summed E-state index contributed by atoms with van der Waals surface area (Å²) in [6.07, 6.45) is 9.42. The molecule has 0 aliphatic carbocycles. The van der Waals surface area contributed by atoms with E-state index in [1.54, 1.807) is 19.1 Å². The van der Waals surface area contributed by atoms with Crippen LogP contribution in [0.15, 0.2) is 54.6 Å². The van der Waals surface area contributed by atoms with Gasteiger partial charge in [-0.05, 0) is 117 Å². The van der Waals surface area contributed by atoms with Crippen LogP contribution >= 0.6 is 0 Å². The van der Waals surface area contributed by atoms with E-state index in [2.05, 4.69) is 39.0 Å². The first-order valence-electron chi connectivity index (χ1n) is 19.6. The van der Waals surface area contributed by atoms with Gasteiger partial charge in [-0.15, -0.1) is 0 Å². The van der Waals surface area contributed by atoms with Gasteiger partial charge >= 0.3 is 5.97 Å². The monoisotopic (exact) mass is 727 g/mol. The Morgan fingerprint density at radius 1 is 0.830 bits per heavy atom. The Bertz CT molecular complexity index is 1670. The lowest BCUT2D eigenvalue weighted by molar-refractivity contribution is -0.162.